The first-order chi connectivity index (χ1) is 14.0. The molecule has 29 heavy (non-hydrogen) atoms. The molecule has 2 unspecified atom stereocenters. The number of hydrogen-bond acceptors (Lipinski definition) is 2. The quantitative estimate of drug-likeness (QED) is 0.599. The van der Waals surface area contributed by atoms with Gasteiger partial charge in [-0.3, -0.25) is 4.98 Å². The highest BCUT2D eigenvalue weighted by Gasteiger charge is 2.41. The molecule has 0 bridgehead atoms. The molecule has 1 saturated heterocycles. The van der Waals surface area contributed by atoms with E-state index in [1.165, 1.54) is 22.6 Å². The first-order valence-corrected chi connectivity index (χ1v) is 10.6. The van der Waals surface area contributed by atoms with Gasteiger partial charge in [-0.15, -0.1) is 0 Å². The lowest BCUT2D eigenvalue weighted by Gasteiger charge is -2.29. The maximum atomic E-state index is 5.77. The van der Waals surface area contributed by atoms with E-state index in [9.17, 15) is 0 Å². The van der Waals surface area contributed by atoms with Gasteiger partial charge in [-0.2, -0.15) is 0 Å². The van der Waals surface area contributed by atoms with Gasteiger partial charge in [-0.1, -0.05) is 38.1 Å². The average Bonchev–Trinajstić information content (AvgIpc) is 3.18. The van der Waals surface area contributed by atoms with Gasteiger partial charge in [0, 0.05) is 29.8 Å². The SMILES string of the molecule is Cc1cc(C2C(c3ccccn3)NC(=S)N2CC(C)C)c(C)n1-c1ccccc1. The van der Waals surface area contributed by atoms with E-state index in [-0.39, 0.29) is 12.1 Å². The number of aryl methyl sites for hydroxylation is 1. The molecule has 3 aromatic rings. The van der Waals surface area contributed by atoms with Crippen molar-refractivity contribution in [3.8, 4) is 5.69 Å². The summed E-state index contributed by atoms with van der Waals surface area (Å²) in [6.07, 6.45) is 1.86. The Morgan fingerprint density at radius 3 is 2.45 bits per heavy atom. The first-order valence-electron chi connectivity index (χ1n) is 10.2. The van der Waals surface area contributed by atoms with Gasteiger partial charge in [0.15, 0.2) is 5.11 Å². The van der Waals surface area contributed by atoms with Gasteiger partial charge in [-0.05, 0) is 67.9 Å². The fourth-order valence-corrected chi connectivity index (χ4v) is 4.71. The molecule has 0 spiro atoms. The first kappa shape index (κ1) is 19.6. The van der Waals surface area contributed by atoms with Crippen LogP contribution in [0.3, 0.4) is 0 Å². The molecule has 4 nitrogen and oxygen atoms in total. The molecule has 1 fully saturated rings. The highest BCUT2D eigenvalue weighted by Crippen LogP contribution is 2.41. The Hall–Kier alpha value is -2.66. The number of rotatable bonds is 5. The second-order valence-corrected chi connectivity index (χ2v) is 8.56. The van der Waals surface area contributed by atoms with E-state index < -0.39 is 0 Å². The molecule has 0 saturated carbocycles. The molecule has 3 heterocycles. The van der Waals surface area contributed by atoms with Gasteiger partial charge in [0.2, 0.25) is 0 Å². The van der Waals surface area contributed by atoms with Crippen molar-refractivity contribution < 1.29 is 0 Å². The Bertz CT molecular complexity index is 994. The highest BCUT2D eigenvalue weighted by atomic mass is 32.1. The molecule has 2 aromatic heterocycles. The van der Waals surface area contributed by atoms with Crippen molar-refractivity contribution in [2.75, 3.05) is 6.54 Å². The number of benzene rings is 1. The van der Waals surface area contributed by atoms with Gasteiger partial charge in [0.25, 0.3) is 0 Å². The van der Waals surface area contributed by atoms with E-state index in [1.54, 1.807) is 0 Å². The molecule has 4 rings (SSSR count). The predicted octanol–water partition coefficient (Wildman–Crippen LogP) is 5.12. The van der Waals surface area contributed by atoms with E-state index in [1.807, 2.05) is 18.3 Å². The topological polar surface area (TPSA) is 33.1 Å². The van der Waals surface area contributed by atoms with Crippen LogP contribution in [0.5, 0.6) is 0 Å². The minimum Gasteiger partial charge on any atom is -0.352 e. The van der Waals surface area contributed by atoms with Gasteiger partial charge in [0.1, 0.15) is 0 Å². The van der Waals surface area contributed by atoms with E-state index in [4.69, 9.17) is 12.2 Å². The number of aromatic nitrogens is 2. The van der Waals surface area contributed by atoms with E-state index >= 15 is 0 Å². The van der Waals surface area contributed by atoms with Crippen LogP contribution in [-0.4, -0.2) is 26.1 Å². The molecule has 0 amide bonds. The monoisotopic (exact) mass is 404 g/mol. The number of hydrogen-bond donors (Lipinski definition) is 1. The molecule has 1 aromatic carbocycles. The zero-order chi connectivity index (χ0) is 20.5. The van der Waals surface area contributed by atoms with Gasteiger partial charge in [0.05, 0.1) is 17.8 Å². The summed E-state index contributed by atoms with van der Waals surface area (Å²) < 4.78 is 2.33. The minimum absolute atomic E-state index is 0.0344. The standard InChI is InChI=1S/C24H28N4S/c1-16(2)15-27-23(22(26-24(27)29)21-12-8-9-13-25-21)20-14-17(3)28(18(20)4)19-10-6-5-7-11-19/h5-14,16,22-23H,15H2,1-4H3,(H,26,29). The van der Waals surface area contributed by atoms with Crippen molar-refractivity contribution in [1.29, 1.82) is 0 Å². The van der Waals surface area contributed by atoms with E-state index in [2.05, 4.69) is 89.9 Å². The molecule has 1 aliphatic rings. The van der Waals surface area contributed by atoms with Crippen LogP contribution in [0.1, 0.15) is 48.6 Å². The van der Waals surface area contributed by atoms with Crippen molar-refractivity contribution >= 4 is 17.3 Å². The average molecular weight is 405 g/mol. The number of nitrogens with one attached hydrogen (secondary N) is 1. The van der Waals surface area contributed by atoms with E-state index in [0.717, 1.165) is 17.4 Å². The van der Waals surface area contributed by atoms with Crippen molar-refractivity contribution in [2.24, 2.45) is 5.92 Å². The molecule has 1 N–H and O–H groups in total. The third kappa shape index (κ3) is 3.67. The fraction of sp³-hybridized carbons (Fsp3) is 0.333. The Morgan fingerprint density at radius 2 is 1.79 bits per heavy atom. The smallest absolute Gasteiger partial charge is 0.170 e. The zero-order valence-electron chi connectivity index (χ0n) is 17.5. The Balaban J connectivity index is 1.83. The molecule has 0 aliphatic carbocycles. The molecular formula is C24H28N4S. The summed E-state index contributed by atoms with van der Waals surface area (Å²) in [6.45, 7) is 9.77. The van der Waals surface area contributed by atoms with Gasteiger partial charge >= 0.3 is 0 Å². The lowest BCUT2D eigenvalue weighted by molar-refractivity contribution is 0.287. The van der Waals surface area contributed by atoms with E-state index in [0.29, 0.717) is 5.92 Å². The number of thiocarbonyl (C=S) groups is 1. The maximum absolute atomic E-state index is 5.77. The van der Waals surface area contributed by atoms with Crippen molar-refractivity contribution in [3.05, 3.63) is 83.4 Å². The molecule has 2 atom stereocenters. The summed E-state index contributed by atoms with van der Waals surface area (Å²) in [5.74, 6) is 0.511. The third-order valence-electron chi connectivity index (χ3n) is 5.56. The molecular weight excluding hydrogens is 376 g/mol. The van der Waals surface area contributed by atoms with Crippen LogP contribution in [0, 0.1) is 19.8 Å². The highest BCUT2D eigenvalue weighted by molar-refractivity contribution is 7.80. The molecule has 5 heteroatoms. The Labute approximate surface area is 178 Å². The third-order valence-corrected chi connectivity index (χ3v) is 5.92. The van der Waals surface area contributed by atoms with Crippen LogP contribution in [0.25, 0.3) is 5.69 Å². The van der Waals surface area contributed by atoms with Crippen LogP contribution in [0.2, 0.25) is 0 Å². The summed E-state index contributed by atoms with van der Waals surface area (Å²) in [7, 11) is 0. The number of pyridine rings is 1. The summed E-state index contributed by atoms with van der Waals surface area (Å²) in [6, 6.07) is 19.1. The number of para-hydroxylation sites is 1. The van der Waals surface area contributed by atoms with Crippen molar-refractivity contribution in [3.63, 3.8) is 0 Å². The Morgan fingerprint density at radius 1 is 1.07 bits per heavy atom. The summed E-state index contributed by atoms with van der Waals surface area (Å²) >= 11 is 5.77. The summed E-state index contributed by atoms with van der Waals surface area (Å²) in [5.41, 5.74) is 5.99. The minimum atomic E-state index is 0.0344. The Kier molecular flexibility index (Phi) is 5.41. The maximum Gasteiger partial charge on any atom is 0.170 e. The van der Waals surface area contributed by atoms with Gasteiger partial charge in [-0.25, -0.2) is 0 Å². The molecule has 150 valence electrons. The normalized spacial score (nSPS) is 19.1. The van der Waals surface area contributed by atoms with Crippen LogP contribution in [0.4, 0.5) is 0 Å². The van der Waals surface area contributed by atoms with Crippen LogP contribution in [0.15, 0.2) is 60.8 Å². The fourth-order valence-electron chi connectivity index (χ4n) is 4.40. The number of nitrogens with zero attached hydrogens (tertiary/aromatic N) is 3. The van der Waals surface area contributed by atoms with Gasteiger partial charge < -0.3 is 14.8 Å². The molecule has 0 radical (unpaired) electrons. The largest absolute Gasteiger partial charge is 0.352 e. The molecule has 1 aliphatic heterocycles. The van der Waals surface area contributed by atoms with Crippen molar-refractivity contribution in [2.45, 2.75) is 39.8 Å². The summed E-state index contributed by atoms with van der Waals surface area (Å²) in [4.78, 5) is 6.99. The lowest BCUT2D eigenvalue weighted by Crippen LogP contribution is -2.33. The summed E-state index contributed by atoms with van der Waals surface area (Å²) in [5, 5.41) is 4.36. The van der Waals surface area contributed by atoms with Crippen molar-refractivity contribution in [1.82, 2.24) is 19.8 Å². The van der Waals surface area contributed by atoms with Crippen LogP contribution in [-0.2, 0) is 0 Å². The lowest BCUT2D eigenvalue weighted by atomic mass is 9.96. The van der Waals surface area contributed by atoms with Crippen LogP contribution >= 0.6 is 12.2 Å². The zero-order valence-corrected chi connectivity index (χ0v) is 18.3. The van der Waals surface area contributed by atoms with Crippen LogP contribution < -0.4 is 5.32 Å². The second kappa shape index (κ2) is 7.99. The second-order valence-electron chi connectivity index (χ2n) is 8.17. The predicted molar refractivity (Wildman–Crippen MR) is 122 cm³/mol.